The molecule has 27 heavy (non-hydrogen) atoms. The second-order valence-corrected chi connectivity index (χ2v) is 7.79. The first-order valence-corrected chi connectivity index (χ1v) is 9.76. The number of carbonyl (C=O) groups excluding carboxylic acids is 1. The average Bonchev–Trinajstić information content (AvgIpc) is 2.86. The van der Waals surface area contributed by atoms with Crippen LogP contribution in [0.2, 0.25) is 0 Å². The van der Waals surface area contributed by atoms with Crippen molar-refractivity contribution in [2.24, 2.45) is 5.92 Å². The van der Waals surface area contributed by atoms with E-state index in [1.807, 2.05) is 32.0 Å². The third-order valence-corrected chi connectivity index (χ3v) is 5.66. The predicted octanol–water partition coefficient (Wildman–Crippen LogP) is 2.28. The zero-order valence-electron chi connectivity index (χ0n) is 16.5. The van der Waals surface area contributed by atoms with Crippen LogP contribution in [0.4, 0.5) is 5.82 Å². The van der Waals surface area contributed by atoms with Gasteiger partial charge in [-0.25, -0.2) is 0 Å². The van der Waals surface area contributed by atoms with Crippen LogP contribution in [0.1, 0.15) is 42.1 Å². The monoisotopic (exact) mass is 365 g/mol. The first-order valence-electron chi connectivity index (χ1n) is 9.76. The van der Waals surface area contributed by atoms with Gasteiger partial charge in [0.15, 0.2) is 6.54 Å². The Morgan fingerprint density at radius 1 is 1.33 bits per heavy atom. The lowest BCUT2D eigenvalue weighted by Gasteiger charge is -2.27. The fraction of sp³-hybridized carbons (Fsp3) is 0.455. The van der Waals surface area contributed by atoms with Gasteiger partial charge in [-0.2, -0.15) is 5.26 Å². The minimum absolute atomic E-state index is 0.0117. The minimum Gasteiger partial charge on any atom is -0.327 e. The topological polar surface area (TPSA) is 62.3 Å². The number of amides is 1. The molecule has 3 rings (SSSR count). The Morgan fingerprint density at radius 3 is 2.74 bits per heavy atom. The molecule has 1 amide bonds. The second-order valence-electron chi connectivity index (χ2n) is 7.79. The first-order chi connectivity index (χ1) is 13.0. The summed E-state index contributed by atoms with van der Waals surface area (Å²) in [6, 6.07) is 12.4. The molecule has 0 radical (unpaired) electrons. The highest BCUT2D eigenvalue weighted by molar-refractivity contribution is 5.92. The van der Waals surface area contributed by atoms with Crippen LogP contribution in [0, 0.1) is 31.1 Å². The average molecular weight is 366 g/mol. The number of anilines is 1. The van der Waals surface area contributed by atoms with E-state index in [0.717, 1.165) is 29.9 Å². The number of nitrogens with zero attached hydrogens (tertiary/aromatic N) is 2. The number of nitrogens with one attached hydrogen (secondary N) is 2. The van der Waals surface area contributed by atoms with Gasteiger partial charge in [0.1, 0.15) is 11.9 Å². The van der Waals surface area contributed by atoms with Crippen LogP contribution < -0.4 is 10.2 Å². The molecule has 2 heterocycles. The summed E-state index contributed by atoms with van der Waals surface area (Å²) in [6.07, 6.45) is 2.43. The van der Waals surface area contributed by atoms with E-state index >= 15 is 0 Å². The lowest BCUT2D eigenvalue weighted by atomic mass is 10.0. The van der Waals surface area contributed by atoms with Gasteiger partial charge >= 0.3 is 0 Å². The van der Waals surface area contributed by atoms with Gasteiger partial charge in [0.05, 0.1) is 18.7 Å². The summed E-state index contributed by atoms with van der Waals surface area (Å²) in [7, 11) is 0. The SMILES string of the molecule is Cc1c(C#N)c(NC(=O)C[NH+]2CCC[C@@H](C)C2)n(Cc2ccccc2)c1C. The standard InChI is InChI=1S/C22H28N4O/c1-16-8-7-11-25(13-16)15-21(27)24-22-20(12-23)17(2)18(3)26(22)14-19-9-5-4-6-10-19/h4-6,9-10,16H,7-8,11,13-15H2,1-3H3,(H,24,27)/p+1/t16-/m1/s1. The lowest BCUT2D eigenvalue weighted by Crippen LogP contribution is -3.14. The number of nitriles is 1. The van der Waals surface area contributed by atoms with Gasteiger partial charge in [0.25, 0.3) is 5.91 Å². The molecule has 142 valence electrons. The zero-order valence-corrected chi connectivity index (χ0v) is 16.5. The molecule has 0 saturated carbocycles. The van der Waals surface area contributed by atoms with E-state index in [9.17, 15) is 10.1 Å². The first kappa shape index (κ1) is 19.2. The number of hydrogen-bond acceptors (Lipinski definition) is 2. The molecule has 5 heteroatoms. The molecule has 0 spiro atoms. The van der Waals surface area contributed by atoms with Gasteiger partial charge in [0.2, 0.25) is 0 Å². The molecule has 5 nitrogen and oxygen atoms in total. The number of hydrogen-bond donors (Lipinski definition) is 2. The van der Waals surface area contributed by atoms with Gasteiger partial charge in [-0.05, 0) is 37.8 Å². The Hall–Kier alpha value is -2.58. The highest BCUT2D eigenvalue weighted by atomic mass is 16.2. The lowest BCUT2D eigenvalue weighted by molar-refractivity contribution is -0.900. The van der Waals surface area contributed by atoms with Crippen molar-refractivity contribution in [1.82, 2.24) is 4.57 Å². The molecule has 1 aromatic carbocycles. The third kappa shape index (κ3) is 4.40. The molecule has 1 saturated heterocycles. The van der Waals surface area contributed by atoms with Crippen LogP contribution in [0.25, 0.3) is 0 Å². The summed E-state index contributed by atoms with van der Waals surface area (Å²) in [6.45, 7) is 9.40. The fourth-order valence-corrected chi connectivity index (χ4v) is 4.06. The number of quaternary nitrogens is 1. The van der Waals surface area contributed by atoms with Crippen molar-refractivity contribution in [3.8, 4) is 6.07 Å². The summed E-state index contributed by atoms with van der Waals surface area (Å²) in [5, 5.41) is 12.7. The Morgan fingerprint density at radius 2 is 2.07 bits per heavy atom. The second kappa shape index (κ2) is 8.41. The van der Waals surface area contributed by atoms with E-state index in [0.29, 0.717) is 30.4 Å². The van der Waals surface area contributed by atoms with Crippen LogP contribution in [0.15, 0.2) is 30.3 Å². The molecule has 2 atom stereocenters. The maximum Gasteiger partial charge on any atom is 0.280 e. The Kier molecular flexibility index (Phi) is 5.98. The van der Waals surface area contributed by atoms with E-state index in [4.69, 9.17) is 0 Å². The summed E-state index contributed by atoms with van der Waals surface area (Å²) in [5.74, 6) is 1.29. The predicted molar refractivity (Wildman–Crippen MR) is 107 cm³/mol. The Balaban J connectivity index is 1.82. The van der Waals surface area contributed by atoms with Crippen LogP contribution in [-0.4, -0.2) is 30.1 Å². The van der Waals surface area contributed by atoms with Crippen molar-refractivity contribution >= 4 is 11.7 Å². The van der Waals surface area contributed by atoms with Crippen LogP contribution >= 0.6 is 0 Å². The Labute approximate surface area is 161 Å². The normalized spacial score (nSPS) is 19.5. The van der Waals surface area contributed by atoms with Gasteiger partial charge in [0, 0.05) is 18.2 Å². The van der Waals surface area contributed by atoms with Crippen molar-refractivity contribution < 1.29 is 9.69 Å². The minimum atomic E-state index is -0.0117. The third-order valence-electron chi connectivity index (χ3n) is 5.66. The Bertz CT molecular complexity index is 847. The molecular weight excluding hydrogens is 336 g/mol. The molecule has 1 aliphatic heterocycles. The van der Waals surface area contributed by atoms with Crippen LogP contribution in [0.5, 0.6) is 0 Å². The smallest absolute Gasteiger partial charge is 0.280 e. The quantitative estimate of drug-likeness (QED) is 0.854. The van der Waals surface area contributed by atoms with Crippen LogP contribution in [0.3, 0.4) is 0 Å². The zero-order chi connectivity index (χ0) is 19.4. The molecule has 0 aliphatic carbocycles. The fourth-order valence-electron chi connectivity index (χ4n) is 4.06. The van der Waals surface area contributed by atoms with E-state index < -0.39 is 0 Å². The number of piperidine rings is 1. The number of rotatable bonds is 5. The van der Waals surface area contributed by atoms with E-state index in [-0.39, 0.29) is 5.91 Å². The summed E-state index contributed by atoms with van der Waals surface area (Å²) < 4.78 is 2.05. The van der Waals surface area contributed by atoms with Crippen molar-refractivity contribution in [1.29, 1.82) is 5.26 Å². The van der Waals surface area contributed by atoms with E-state index in [2.05, 4.69) is 35.0 Å². The van der Waals surface area contributed by atoms with Gasteiger partial charge < -0.3 is 14.8 Å². The van der Waals surface area contributed by atoms with Gasteiger partial charge in [-0.3, -0.25) is 4.79 Å². The number of carbonyl (C=O) groups is 1. The number of likely N-dealkylation sites (tertiary alicyclic amines) is 1. The molecular formula is C22H29N4O+. The van der Waals surface area contributed by atoms with Gasteiger partial charge in [-0.15, -0.1) is 0 Å². The molecule has 1 unspecified atom stereocenters. The maximum atomic E-state index is 12.7. The summed E-state index contributed by atoms with van der Waals surface area (Å²) in [5.41, 5.74) is 3.66. The van der Waals surface area contributed by atoms with Crippen molar-refractivity contribution in [2.45, 2.75) is 40.2 Å². The molecule has 2 aromatic rings. The molecule has 2 N–H and O–H groups in total. The molecule has 0 bridgehead atoms. The molecule has 1 aromatic heterocycles. The number of benzene rings is 1. The number of aromatic nitrogens is 1. The maximum absolute atomic E-state index is 12.7. The van der Waals surface area contributed by atoms with Crippen molar-refractivity contribution in [2.75, 3.05) is 25.0 Å². The highest BCUT2D eigenvalue weighted by Crippen LogP contribution is 2.27. The van der Waals surface area contributed by atoms with E-state index in [1.165, 1.54) is 17.7 Å². The van der Waals surface area contributed by atoms with Crippen LogP contribution in [-0.2, 0) is 11.3 Å². The van der Waals surface area contributed by atoms with Gasteiger partial charge in [-0.1, -0.05) is 37.3 Å². The van der Waals surface area contributed by atoms with E-state index in [1.54, 1.807) is 0 Å². The molecule has 1 aliphatic rings. The van der Waals surface area contributed by atoms with Crippen molar-refractivity contribution in [3.63, 3.8) is 0 Å². The summed E-state index contributed by atoms with van der Waals surface area (Å²) >= 11 is 0. The van der Waals surface area contributed by atoms with Crippen molar-refractivity contribution in [3.05, 3.63) is 52.7 Å². The summed E-state index contributed by atoms with van der Waals surface area (Å²) in [4.78, 5) is 14.1. The largest absolute Gasteiger partial charge is 0.327 e. The highest BCUT2D eigenvalue weighted by Gasteiger charge is 2.24. The molecule has 1 fully saturated rings.